The monoisotopic (exact) mass is 505 g/mol. The summed E-state index contributed by atoms with van der Waals surface area (Å²) in [6, 6.07) is 3.46. The van der Waals surface area contributed by atoms with Crippen LogP contribution in [0.15, 0.2) is 39.7 Å². The molecule has 1 heterocycles. The number of hydrogen-bond donors (Lipinski definition) is 0. The first-order valence-electron chi connectivity index (χ1n) is 14.1. The SMILES string of the molecule is C=CCn1c(=O)n(CC=C)c(=O)n(C[Si](CCCCCC)(CCCCCC)CCCCCC)c1=O. The van der Waals surface area contributed by atoms with Gasteiger partial charge in [0.2, 0.25) is 0 Å². The molecule has 0 amide bonds. The molecule has 0 aliphatic rings. The molecule has 0 spiro atoms. The maximum absolute atomic E-state index is 13.4. The van der Waals surface area contributed by atoms with Crippen LogP contribution in [0, 0.1) is 0 Å². The van der Waals surface area contributed by atoms with E-state index in [2.05, 4.69) is 33.9 Å². The Labute approximate surface area is 213 Å². The molecular weight excluding hydrogens is 454 g/mol. The van der Waals surface area contributed by atoms with Gasteiger partial charge in [0.05, 0.1) is 21.2 Å². The Morgan fingerprint density at radius 3 is 1.23 bits per heavy atom. The number of rotatable bonds is 21. The molecular formula is C28H51N3O3Si. The van der Waals surface area contributed by atoms with Crippen LogP contribution in [0.25, 0.3) is 0 Å². The Morgan fingerprint density at radius 2 is 0.914 bits per heavy atom. The number of hydrogen-bond acceptors (Lipinski definition) is 3. The summed E-state index contributed by atoms with van der Waals surface area (Å²) in [5.74, 6) is 0. The van der Waals surface area contributed by atoms with Crippen molar-refractivity contribution in [3.63, 3.8) is 0 Å². The molecule has 1 rings (SSSR count). The van der Waals surface area contributed by atoms with Crippen LogP contribution in [0.2, 0.25) is 18.1 Å². The van der Waals surface area contributed by atoms with Crippen molar-refractivity contribution in [2.45, 2.75) is 135 Å². The van der Waals surface area contributed by atoms with Crippen molar-refractivity contribution in [2.75, 3.05) is 0 Å². The predicted octanol–water partition coefficient (Wildman–Crippen LogP) is 6.27. The van der Waals surface area contributed by atoms with Gasteiger partial charge in [-0.15, -0.1) is 13.2 Å². The maximum Gasteiger partial charge on any atom is 0.336 e. The number of unbranched alkanes of at least 4 members (excludes halogenated alkanes) is 9. The summed E-state index contributed by atoms with van der Waals surface area (Å²) in [4.78, 5) is 39.7. The first-order chi connectivity index (χ1) is 16.9. The fourth-order valence-electron chi connectivity index (χ4n) is 5.12. The van der Waals surface area contributed by atoms with Crippen molar-refractivity contribution in [1.29, 1.82) is 0 Å². The third-order valence-electron chi connectivity index (χ3n) is 7.18. The molecule has 0 atom stereocenters. The zero-order valence-electron chi connectivity index (χ0n) is 22.9. The zero-order valence-corrected chi connectivity index (χ0v) is 23.9. The van der Waals surface area contributed by atoms with Crippen LogP contribution in [0.5, 0.6) is 0 Å². The summed E-state index contributed by atoms with van der Waals surface area (Å²) in [7, 11) is -1.98. The van der Waals surface area contributed by atoms with E-state index in [9.17, 15) is 14.4 Å². The first-order valence-corrected chi connectivity index (χ1v) is 16.9. The quantitative estimate of drug-likeness (QED) is 0.112. The van der Waals surface area contributed by atoms with Crippen molar-refractivity contribution in [2.24, 2.45) is 0 Å². The molecule has 0 unspecified atom stereocenters. The molecule has 0 saturated carbocycles. The smallest absolute Gasteiger partial charge is 0.248 e. The summed E-state index contributed by atoms with van der Waals surface area (Å²) in [5, 5.41) is 0. The highest BCUT2D eigenvalue weighted by Crippen LogP contribution is 2.31. The van der Waals surface area contributed by atoms with Crippen molar-refractivity contribution in [3.05, 3.63) is 56.8 Å². The Balaban J connectivity index is 3.51. The normalized spacial score (nSPS) is 11.6. The van der Waals surface area contributed by atoms with Gasteiger partial charge in [0, 0.05) is 6.17 Å². The molecule has 35 heavy (non-hydrogen) atoms. The van der Waals surface area contributed by atoms with Crippen LogP contribution in [0.4, 0.5) is 0 Å². The van der Waals surface area contributed by atoms with E-state index in [-0.39, 0.29) is 13.1 Å². The van der Waals surface area contributed by atoms with Gasteiger partial charge < -0.3 is 0 Å². The molecule has 6 nitrogen and oxygen atoms in total. The largest absolute Gasteiger partial charge is 0.336 e. The minimum atomic E-state index is -1.98. The third-order valence-corrected chi connectivity index (χ3v) is 12.4. The Hall–Kier alpha value is -1.89. The maximum atomic E-state index is 13.4. The van der Waals surface area contributed by atoms with E-state index in [1.54, 1.807) is 12.2 Å². The second-order valence-corrected chi connectivity index (χ2v) is 15.0. The predicted molar refractivity (Wildman–Crippen MR) is 152 cm³/mol. The molecule has 0 fully saturated rings. The van der Waals surface area contributed by atoms with E-state index >= 15 is 0 Å². The molecule has 0 bridgehead atoms. The van der Waals surface area contributed by atoms with Gasteiger partial charge in [0.25, 0.3) is 0 Å². The number of nitrogens with zero attached hydrogens (tertiary/aromatic N) is 3. The van der Waals surface area contributed by atoms with Crippen molar-refractivity contribution in [1.82, 2.24) is 13.7 Å². The van der Waals surface area contributed by atoms with E-state index in [0.717, 1.165) is 27.3 Å². The van der Waals surface area contributed by atoms with Crippen molar-refractivity contribution < 1.29 is 0 Å². The highest BCUT2D eigenvalue weighted by molar-refractivity contribution is 6.78. The molecule has 1 aromatic heterocycles. The average molecular weight is 506 g/mol. The summed E-state index contributed by atoms with van der Waals surface area (Å²) in [5.41, 5.74) is -1.53. The topological polar surface area (TPSA) is 66.0 Å². The van der Waals surface area contributed by atoms with Gasteiger partial charge in [-0.25, -0.2) is 28.1 Å². The fraction of sp³-hybridized carbons (Fsp3) is 0.750. The van der Waals surface area contributed by atoms with E-state index in [1.807, 2.05) is 0 Å². The number of allylic oxidation sites excluding steroid dienone is 2. The van der Waals surface area contributed by atoms with Crippen LogP contribution in [0.3, 0.4) is 0 Å². The van der Waals surface area contributed by atoms with Gasteiger partial charge in [-0.3, -0.25) is 0 Å². The van der Waals surface area contributed by atoms with Crippen LogP contribution >= 0.6 is 0 Å². The summed E-state index contributed by atoms with van der Waals surface area (Å²) in [6.07, 6.45) is 18.0. The molecule has 0 saturated heterocycles. The van der Waals surface area contributed by atoms with Crippen LogP contribution < -0.4 is 17.1 Å². The van der Waals surface area contributed by atoms with Crippen LogP contribution in [-0.4, -0.2) is 21.8 Å². The molecule has 1 aromatic rings. The van der Waals surface area contributed by atoms with E-state index in [0.29, 0.717) is 6.17 Å². The Morgan fingerprint density at radius 1 is 0.571 bits per heavy atom. The molecule has 0 aliphatic heterocycles. The Bertz CT molecular complexity index is 849. The summed E-state index contributed by atoms with van der Waals surface area (Å²) >= 11 is 0. The standard InChI is InChI=1S/C28H51N3O3Si/c1-6-11-14-17-22-35(23-18-15-12-7-2,24-19-16-13-8-3)25-31-27(33)29(20-9-4)26(32)30(21-10-5)28(31)34/h9-10H,4-8,11-25H2,1-3H3. The lowest BCUT2D eigenvalue weighted by atomic mass is 10.2. The molecule has 7 heteroatoms. The van der Waals surface area contributed by atoms with Gasteiger partial charge in [-0.2, -0.15) is 0 Å². The van der Waals surface area contributed by atoms with Gasteiger partial charge in [-0.05, 0) is 0 Å². The minimum Gasteiger partial charge on any atom is -0.248 e. The van der Waals surface area contributed by atoms with Gasteiger partial charge in [-0.1, -0.05) is 128 Å². The second-order valence-electron chi connectivity index (χ2n) is 10.2. The zero-order chi connectivity index (χ0) is 26.1. The van der Waals surface area contributed by atoms with Crippen LogP contribution in [0.1, 0.15) is 97.8 Å². The molecule has 200 valence electrons. The lowest BCUT2D eigenvalue weighted by molar-refractivity contribution is 0.503. The highest BCUT2D eigenvalue weighted by Gasteiger charge is 2.34. The van der Waals surface area contributed by atoms with E-state index < -0.39 is 25.1 Å². The average Bonchev–Trinajstić information content (AvgIpc) is 2.85. The summed E-state index contributed by atoms with van der Waals surface area (Å²) in [6.45, 7) is 14.3. The van der Waals surface area contributed by atoms with Gasteiger partial charge >= 0.3 is 17.1 Å². The van der Waals surface area contributed by atoms with Gasteiger partial charge in [0.1, 0.15) is 0 Å². The van der Waals surface area contributed by atoms with E-state index in [4.69, 9.17) is 0 Å². The highest BCUT2D eigenvalue weighted by atomic mass is 28.3. The first kappa shape index (κ1) is 31.1. The Kier molecular flexibility index (Phi) is 15.6. The van der Waals surface area contributed by atoms with Crippen molar-refractivity contribution >= 4 is 8.07 Å². The molecule has 0 aliphatic carbocycles. The van der Waals surface area contributed by atoms with Gasteiger partial charge in [0.15, 0.2) is 0 Å². The second kappa shape index (κ2) is 17.5. The number of aromatic nitrogens is 3. The lowest BCUT2D eigenvalue weighted by Crippen LogP contribution is -2.57. The summed E-state index contributed by atoms with van der Waals surface area (Å²) < 4.78 is 3.71. The lowest BCUT2D eigenvalue weighted by Gasteiger charge is -2.33. The van der Waals surface area contributed by atoms with Crippen molar-refractivity contribution in [3.8, 4) is 0 Å². The molecule has 0 radical (unpaired) electrons. The van der Waals surface area contributed by atoms with E-state index in [1.165, 1.54) is 81.6 Å². The third kappa shape index (κ3) is 9.94. The molecule has 0 aromatic carbocycles. The minimum absolute atomic E-state index is 0.104. The molecule has 0 N–H and O–H groups in total. The van der Waals surface area contributed by atoms with Crippen LogP contribution in [-0.2, 0) is 19.3 Å². The fourth-order valence-corrected chi connectivity index (χ4v) is 10.3.